The van der Waals surface area contributed by atoms with Gasteiger partial charge in [-0.15, -0.1) is 0 Å². The molecule has 4 rings (SSSR count). The highest BCUT2D eigenvalue weighted by atomic mass is 16.2. The van der Waals surface area contributed by atoms with Crippen molar-refractivity contribution in [3.05, 3.63) is 71.8 Å². The van der Waals surface area contributed by atoms with Gasteiger partial charge in [0.2, 0.25) is 0 Å². The van der Waals surface area contributed by atoms with E-state index in [1.165, 1.54) is 5.56 Å². The van der Waals surface area contributed by atoms with Gasteiger partial charge in [0, 0.05) is 36.8 Å². The molecule has 0 saturated carbocycles. The highest BCUT2D eigenvalue weighted by Gasteiger charge is 2.40. The number of carbonyl (C=O) groups excluding carboxylic acids is 1. The van der Waals surface area contributed by atoms with E-state index in [-0.39, 0.29) is 11.9 Å². The average Bonchev–Trinajstić information content (AvgIpc) is 2.94. The summed E-state index contributed by atoms with van der Waals surface area (Å²) < 4.78 is 0. The maximum Gasteiger partial charge on any atom is 0.258 e. The molecule has 2 aromatic carbocycles. The molecule has 3 nitrogen and oxygen atoms in total. The Kier molecular flexibility index (Phi) is 4.64. The molecule has 26 heavy (non-hydrogen) atoms. The normalized spacial score (nSPS) is 24.9. The lowest BCUT2D eigenvalue weighted by Gasteiger charge is -2.41. The second-order valence-corrected chi connectivity index (χ2v) is 7.45. The molecular formula is C23H26N2O. The smallest absolute Gasteiger partial charge is 0.258 e. The quantitative estimate of drug-likeness (QED) is 0.772. The number of likely N-dealkylation sites (tertiary alicyclic amines) is 1. The molecule has 2 aliphatic heterocycles. The molecule has 0 bridgehead atoms. The first-order valence-corrected chi connectivity index (χ1v) is 9.54. The van der Waals surface area contributed by atoms with Crippen LogP contribution in [-0.4, -0.2) is 29.9 Å². The number of amides is 1. The monoisotopic (exact) mass is 346 g/mol. The van der Waals surface area contributed by atoms with Gasteiger partial charge in [0.25, 0.3) is 5.91 Å². The number of piperidine rings is 1. The van der Waals surface area contributed by atoms with E-state index in [4.69, 9.17) is 0 Å². The van der Waals surface area contributed by atoms with Crippen LogP contribution in [0.2, 0.25) is 0 Å². The van der Waals surface area contributed by atoms with Crippen molar-refractivity contribution in [2.24, 2.45) is 5.92 Å². The standard InChI is InChI=1S/C23H26N2O/c1-3-19-20-11-7-8-12-22(20)25(23(19)26)21-13-14-24(15-17(21)2)16-18-9-5-4-6-10-18/h3-12,17,21H,13-16H2,1-2H3/b19-3-/t17-,21?/m1/s1. The van der Waals surface area contributed by atoms with E-state index in [0.717, 1.165) is 42.9 Å². The van der Waals surface area contributed by atoms with Gasteiger partial charge in [0.05, 0.1) is 5.69 Å². The van der Waals surface area contributed by atoms with Crippen LogP contribution in [0.3, 0.4) is 0 Å². The van der Waals surface area contributed by atoms with Gasteiger partial charge in [-0.25, -0.2) is 0 Å². The number of allylic oxidation sites excluding steroid dienone is 1. The van der Waals surface area contributed by atoms with Gasteiger partial charge in [-0.3, -0.25) is 9.69 Å². The molecule has 2 heterocycles. The number of carbonyl (C=O) groups is 1. The Labute approximate surface area is 155 Å². The number of hydrogen-bond donors (Lipinski definition) is 0. The molecule has 1 saturated heterocycles. The molecule has 3 heteroatoms. The summed E-state index contributed by atoms with van der Waals surface area (Å²) in [6, 6.07) is 19.1. The molecule has 0 radical (unpaired) electrons. The van der Waals surface area contributed by atoms with Crippen molar-refractivity contribution >= 4 is 17.2 Å². The second-order valence-electron chi connectivity index (χ2n) is 7.45. The fourth-order valence-corrected chi connectivity index (χ4v) is 4.46. The molecule has 2 aliphatic rings. The second kappa shape index (κ2) is 7.08. The van der Waals surface area contributed by atoms with Crippen LogP contribution < -0.4 is 4.90 Å². The van der Waals surface area contributed by atoms with Crippen molar-refractivity contribution in [2.45, 2.75) is 32.9 Å². The van der Waals surface area contributed by atoms with Crippen molar-refractivity contribution in [2.75, 3.05) is 18.0 Å². The minimum atomic E-state index is 0.169. The van der Waals surface area contributed by atoms with E-state index in [1.54, 1.807) is 0 Å². The van der Waals surface area contributed by atoms with Crippen molar-refractivity contribution in [3.63, 3.8) is 0 Å². The van der Waals surface area contributed by atoms with Gasteiger partial charge in [0.1, 0.15) is 0 Å². The third kappa shape index (κ3) is 2.97. The first kappa shape index (κ1) is 17.0. The van der Waals surface area contributed by atoms with Crippen molar-refractivity contribution < 1.29 is 4.79 Å². The van der Waals surface area contributed by atoms with Crippen LogP contribution in [0.15, 0.2) is 60.7 Å². The van der Waals surface area contributed by atoms with Gasteiger partial charge in [-0.05, 0) is 30.9 Å². The number of fused-ring (bicyclic) bond motifs is 1. The van der Waals surface area contributed by atoms with Crippen molar-refractivity contribution in [1.29, 1.82) is 0 Å². The highest BCUT2D eigenvalue weighted by molar-refractivity contribution is 6.32. The lowest BCUT2D eigenvalue weighted by atomic mass is 9.92. The maximum atomic E-state index is 13.1. The Morgan fingerprint density at radius 2 is 1.81 bits per heavy atom. The molecule has 0 spiro atoms. The van der Waals surface area contributed by atoms with E-state index < -0.39 is 0 Å². The molecule has 0 aromatic heterocycles. The van der Waals surface area contributed by atoms with Crippen LogP contribution in [0.25, 0.3) is 5.57 Å². The molecular weight excluding hydrogens is 320 g/mol. The van der Waals surface area contributed by atoms with E-state index in [1.807, 2.05) is 25.1 Å². The van der Waals surface area contributed by atoms with Gasteiger partial charge in [0.15, 0.2) is 0 Å². The third-order valence-electron chi connectivity index (χ3n) is 5.72. The number of rotatable bonds is 3. The summed E-state index contributed by atoms with van der Waals surface area (Å²) in [6.07, 6.45) is 2.97. The Hall–Kier alpha value is -2.39. The molecule has 1 unspecified atom stereocenters. The van der Waals surface area contributed by atoms with Crippen molar-refractivity contribution in [3.8, 4) is 0 Å². The minimum Gasteiger partial charge on any atom is -0.304 e. The summed E-state index contributed by atoms with van der Waals surface area (Å²) in [5.41, 5.74) is 4.37. The molecule has 2 atom stereocenters. The molecule has 0 N–H and O–H groups in total. The third-order valence-corrected chi connectivity index (χ3v) is 5.72. The first-order valence-electron chi connectivity index (χ1n) is 9.54. The number of benzene rings is 2. The Balaban J connectivity index is 1.52. The molecule has 2 aromatic rings. The summed E-state index contributed by atoms with van der Waals surface area (Å²) in [5.74, 6) is 0.614. The fraction of sp³-hybridized carbons (Fsp3) is 0.348. The maximum absolute atomic E-state index is 13.1. The average molecular weight is 346 g/mol. The number of para-hydroxylation sites is 1. The van der Waals surface area contributed by atoms with Gasteiger partial charge < -0.3 is 4.90 Å². The Morgan fingerprint density at radius 1 is 1.08 bits per heavy atom. The summed E-state index contributed by atoms with van der Waals surface area (Å²) in [6.45, 7) is 7.28. The molecule has 1 fully saturated rings. The predicted molar refractivity (Wildman–Crippen MR) is 107 cm³/mol. The molecule has 134 valence electrons. The largest absolute Gasteiger partial charge is 0.304 e. The minimum absolute atomic E-state index is 0.169. The van der Waals surface area contributed by atoms with Crippen LogP contribution in [0.4, 0.5) is 5.69 Å². The zero-order valence-corrected chi connectivity index (χ0v) is 15.6. The first-order chi connectivity index (χ1) is 12.7. The zero-order valence-electron chi connectivity index (χ0n) is 15.6. The van der Waals surface area contributed by atoms with Gasteiger partial charge in [-0.1, -0.05) is 61.5 Å². The summed E-state index contributed by atoms with van der Waals surface area (Å²) >= 11 is 0. The number of hydrogen-bond acceptors (Lipinski definition) is 2. The van der Waals surface area contributed by atoms with Crippen LogP contribution in [0, 0.1) is 5.92 Å². The van der Waals surface area contributed by atoms with Crippen LogP contribution in [-0.2, 0) is 11.3 Å². The SMILES string of the molecule is C/C=C1\C(=O)N(C2CCN(Cc3ccccc3)C[C@H]2C)c2ccccc21. The van der Waals surface area contributed by atoms with Crippen LogP contribution in [0.5, 0.6) is 0 Å². The number of nitrogens with zero attached hydrogens (tertiary/aromatic N) is 2. The number of anilines is 1. The van der Waals surface area contributed by atoms with E-state index in [2.05, 4.69) is 59.2 Å². The van der Waals surface area contributed by atoms with Crippen LogP contribution in [0.1, 0.15) is 31.4 Å². The van der Waals surface area contributed by atoms with Crippen LogP contribution >= 0.6 is 0 Å². The fourth-order valence-electron chi connectivity index (χ4n) is 4.46. The summed E-state index contributed by atoms with van der Waals surface area (Å²) in [4.78, 5) is 17.6. The summed E-state index contributed by atoms with van der Waals surface area (Å²) in [7, 11) is 0. The van der Waals surface area contributed by atoms with Crippen molar-refractivity contribution in [1.82, 2.24) is 4.90 Å². The lowest BCUT2D eigenvalue weighted by Crippen LogP contribution is -2.51. The molecule has 1 amide bonds. The topological polar surface area (TPSA) is 23.6 Å². The zero-order chi connectivity index (χ0) is 18.1. The van der Waals surface area contributed by atoms with Gasteiger partial charge >= 0.3 is 0 Å². The Bertz CT molecular complexity index is 827. The summed E-state index contributed by atoms with van der Waals surface area (Å²) in [5, 5.41) is 0. The highest BCUT2D eigenvalue weighted by Crippen LogP contribution is 2.40. The Morgan fingerprint density at radius 3 is 2.54 bits per heavy atom. The van der Waals surface area contributed by atoms with E-state index >= 15 is 0 Å². The van der Waals surface area contributed by atoms with Gasteiger partial charge in [-0.2, -0.15) is 0 Å². The van der Waals surface area contributed by atoms with E-state index in [9.17, 15) is 4.79 Å². The lowest BCUT2D eigenvalue weighted by molar-refractivity contribution is -0.113. The molecule has 0 aliphatic carbocycles. The van der Waals surface area contributed by atoms with E-state index in [0.29, 0.717) is 5.92 Å². The predicted octanol–water partition coefficient (Wildman–Crippen LogP) is 4.35.